The standard InChI is InChI=1S/C45H91N2O6P/c1-6-8-10-12-14-16-18-20-21-22-23-24-25-27-29-31-33-35-37-39-45(49)46-43(42-53-54(50,51)52-41-40-47(3,4)5)44(48)38-36-34-32-30-28-26-19-17-15-13-11-9-7-2/h36,38,43-44,48H,6-35,37,39-42H2,1-5H3,(H-,46,49,50,51)/p+1/b38-36+. The zero-order valence-corrected chi connectivity index (χ0v) is 37.4. The van der Waals surface area contributed by atoms with Crippen molar-refractivity contribution in [1.82, 2.24) is 5.32 Å². The molecule has 3 atom stereocenters. The third kappa shape index (κ3) is 39.5. The van der Waals surface area contributed by atoms with Crippen LogP contribution in [0.3, 0.4) is 0 Å². The number of carbonyl (C=O) groups excluding carboxylic acids is 1. The highest BCUT2D eigenvalue weighted by Gasteiger charge is 2.27. The first-order valence-electron chi connectivity index (χ1n) is 23.1. The van der Waals surface area contributed by atoms with E-state index in [4.69, 9.17) is 9.05 Å². The van der Waals surface area contributed by atoms with Crippen molar-refractivity contribution in [2.75, 3.05) is 40.9 Å². The summed E-state index contributed by atoms with van der Waals surface area (Å²) in [6, 6.07) is -0.839. The number of aliphatic hydroxyl groups is 1. The number of allylic oxidation sites excluding steroid dienone is 1. The molecular formula is C45H92N2O6P+. The van der Waals surface area contributed by atoms with E-state index in [9.17, 15) is 19.4 Å². The van der Waals surface area contributed by atoms with E-state index in [1.54, 1.807) is 6.08 Å². The lowest BCUT2D eigenvalue weighted by Crippen LogP contribution is -2.45. The molecule has 0 aromatic heterocycles. The molecule has 0 spiro atoms. The average Bonchev–Trinajstić information content (AvgIpc) is 3.12. The summed E-state index contributed by atoms with van der Waals surface area (Å²) in [7, 11) is 1.58. The number of phosphoric ester groups is 1. The second-order valence-corrected chi connectivity index (χ2v) is 18.6. The van der Waals surface area contributed by atoms with Crippen LogP contribution in [0.4, 0.5) is 0 Å². The quantitative estimate of drug-likeness (QED) is 0.0246. The van der Waals surface area contributed by atoms with Crippen molar-refractivity contribution < 1.29 is 32.9 Å². The summed E-state index contributed by atoms with van der Waals surface area (Å²) < 4.78 is 23.6. The predicted molar refractivity (Wildman–Crippen MR) is 231 cm³/mol. The fourth-order valence-electron chi connectivity index (χ4n) is 6.81. The molecule has 0 fully saturated rings. The number of nitrogens with one attached hydrogen (secondary N) is 1. The van der Waals surface area contributed by atoms with Gasteiger partial charge in [0.15, 0.2) is 0 Å². The van der Waals surface area contributed by atoms with Crippen LogP contribution in [-0.4, -0.2) is 73.4 Å². The van der Waals surface area contributed by atoms with Gasteiger partial charge in [-0.3, -0.25) is 13.8 Å². The molecular weight excluding hydrogens is 695 g/mol. The van der Waals surface area contributed by atoms with Crippen LogP contribution in [0.5, 0.6) is 0 Å². The Labute approximate surface area is 335 Å². The first-order chi connectivity index (χ1) is 26.0. The Morgan fingerprint density at radius 1 is 0.611 bits per heavy atom. The highest BCUT2D eigenvalue weighted by Crippen LogP contribution is 2.43. The number of likely N-dealkylation sites (N-methyl/N-ethyl adjacent to an activating group) is 1. The van der Waals surface area contributed by atoms with Crippen molar-refractivity contribution in [3.8, 4) is 0 Å². The minimum atomic E-state index is -4.33. The Morgan fingerprint density at radius 3 is 1.37 bits per heavy atom. The SMILES string of the molecule is CCCCCCCCCCCCC/C=C/C(O)C(COP(=O)(O)OCC[N+](C)(C)C)NC(=O)CCCCCCCCCCCCCCCCCCCCC. The predicted octanol–water partition coefficient (Wildman–Crippen LogP) is 12.8. The van der Waals surface area contributed by atoms with Crippen LogP contribution in [0.1, 0.15) is 219 Å². The molecule has 322 valence electrons. The smallest absolute Gasteiger partial charge is 0.387 e. The Morgan fingerprint density at radius 2 is 0.981 bits per heavy atom. The van der Waals surface area contributed by atoms with E-state index >= 15 is 0 Å². The van der Waals surface area contributed by atoms with Crippen molar-refractivity contribution in [2.45, 2.75) is 231 Å². The number of aliphatic hydroxyl groups excluding tert-OH is 1. The minimum Gasteiger partial charge on any atom is -0.387 e. The lowest BCUT2D eigenvalue weighted by atomic mass is 10.0. The van der Waals surface area contributed by atoms with Crippen molar-refractivity contribution in [1.29, 1.82) is 0 Å². The van der Waals surface area contributed by atoms with E-state index in [-0.39, 0.29) is 19.1 Å². The van der Waals surface area contributed by atoms with Crippen LogP contribution in [0, 0.1) is 0 Å². The van der Waals surface area contributed by atoms with Crippen molar-refractivity contribution in [3.63, 3.8) is 0 Å². The molecule has 0 radical (unpaired) electrons. The molecule has 0 aromatic carbocycles. The minimum absolute atomic E-state index is 0.0646. The summed E-state index contributed by atoms with van der Waals surface area (Å²) >= 11 is 0. The zero-order valence-electron chi connectivity index (χ0n) is 36.5. The molecule has 0 aliphatic carbocycles. The van der Waals surface area contributed by atoms with Gasteiger partial charge in [-0.1, -0.05) is 206 Å². The lowest BCUT2D eigenvalue weighted by molar-refractivity contribution is -0.870. The molecule has 0 bridgehead atoms. The third-order valence-electron chi connectivity index (χ3n) is 10.5. The molecule has 0 saturated heterocycles. The maximum atomic E-state index is 12.9. The third-order valence-corrected chi connectivity index (χ3v) is 11.5. The Kier molecular flexibility index (Phi) is 37.3. The molecule has 0 aliphatic heterocycles. The average molecular weight is 788 g/mol. The summed E-state index contributed by atoms with van der Waals surface area (Å²) in [5.41, 5.74) is 0. The summed E-state index contributed by atoms with van der Waals surface area (Å²) in [6.45, 7) is 4.83. The Hall–Kier alpha value is -0.760. The van der Waals surface area contributed by atoms with Crippen LogP contribution < -0.4 is 5.32 Å². The number of carbonyl (C=O) groups is 1. The van der Waals surface area contributed by atoms with Crippen LogP contribution in [0.25, 0.3) is 0 Å². The number of rotatable bonds is 42. The second kappa shape index (κ2) is 37.8. The van der Waals surface area contributed by atoms with Gasteiger partial charge in [0.1, 0.15) is 13.2 Å². The first-order valence-corrected chi connectivity index (χ1v) is 24.6. The first kappa shape index (κ1) is 53.2. The Balaban J connectivity index is 4.32. The number of nitrogens with zero attached hydrogens (tertiary/aromatic N) is 1. The summed E-state index contributed by atoms with van der Waals surface area (Å²) in [6.07, 6.45) is 42.8. The fraction of sp³-hybridized carbons (Fsp3) is 0.933. The van der Waals surface area contributed by atoms with Gasteiger partial charge < -0.3 is 19.8 Å². The molecule has 0 aliphatic rings. The van der Waals surface area contributed by atoms with Gasteiger partial charge in [0.05, 0.1) is 39.9 Å². The van der Waals surface area contributed by atoms with Gasteiger partial charge in [0, 0.05) is 6.42 Å². The van der Waals surface area contributed by atoms with Crippen molar-refractivity contribution >= 4 is 13.7 Å². The van der Waals surface area contributed by atoms with Gasteiger partial charge in [0.2, 0.25) is 5.91 Å². The lowest BCUT2D eigenvalue weighted by Gasteiger charge is -2.25. The Bertz CT molecular complexity index is 896. The van der Waals surface area contributed by atoms with E-state index in [1.165, 1.54) is 161 Å². The van der Waals surface area contributed by atoms with Crippen LogP contribution >= 0.6 is 7.82 Å². The largest absolute Gasteiger partial charge is 0.472 e. The molecule has 54 heavy (non-hydrogen) atoms. The van der Waals surface area contributed by atoms with Gasteiger partial charge in [-0.05, 0) is 19.3 Å². The van der Waals surface area contributed by atoms with E-state index in [1.807, 2.05) is 27.2 Å². The second-order valence-electron chi connectivity index (χ2n) is 17.1. The number of quaternary nitrogens is 1. The number of unbranched alkanes of at least 4 members (excludes halogenated alkanes) is 29. The molecule has 8 nitrogen and oxygen atoms in total. The molecule has 1 amide bonds. The normalized spacial score (nSPS) is 14.4. The van der Waals surface area contributed by atoms with Gasteiger partial charge in [-0.25, -0.2) is 4.57 Å². The molecule has 3 unspecified atom stereocenters. The van der Waals surface area contributed by atoms with Gasteiger partial charge >= 0.3 is 7.82 Å². The van der Waals surface area contributed by atoms with Gasteiger partial charge in [0.25, 0.3) is 0 Å². The summed E-state index contributed by atoms with van der Waals surface area (Å²) in [4.78, 5) is 23.1. The fourth-order valence-corrected chi connectivity index (χ4v) is 7.54. The van der Waals surface area contributed by atoms with Crippen LogP contribution in [0.15, 0.2) is 12.2 Å². The highest BCUT2D eigenvalue weighted by molar-refractivity contribution is 7.47. The molecule has 3 N–H and O–H groups in total. The number of hydrogen-bond acceptors (Lipinski definition) is 5. The molecule has 9 heteroatoms. The maximum Gasteiger partial charge on any atom is 0.472 e. The van der Waals surface area contributed by atoms with E-state index in [0.29, 0.717) is 17.4 Å². The van der Waals surface area contributed by atoms with Crippen molar-refractivity contribution in [2.24, 2.45) is 0 Å². The van der Waals surface area contributed by atoms with Crippen LogP contribution in [0.2, 0.25) is 0 Å². The summed E-state index contributed by atoms with van der Waals surface area (Å²) in [5.74, 6) is -0.174. The molecule has 0 rings (SSSR count). The number of amides is 1. The maximum absolute atomic E-state index is 12.9. The number of phosphoric acid groups is 1. The number of hydrogen-bond donors (Lipinski definition) is 3. The highest BCUT2D eigenvalue weighted by atomic mass is 31.2. The summed E-state index contributed by atoms with van der Waals surface area (Å²) in [5, 5.41) is 13.8. The topological polar surface area (TPSA) is 105 Å². The molecule has 0 saturated carbocycles. The van der Waals surface area contributed by atoms with Gasteiger partial charge in [-0.2, -0.15) is 0 Å². The molecule has 0 aromatic rings. The molecule has 0 heterocycles. The van der Waals surface area contributed by atoms with E-state index < -0.39 is 20.0 Å². The van der Waals surface area contributed by atoms with Crippen molar-refractivity contribution in [3.05, 3.63) is 12.2 Å². The van der Waals surface area contributed by atoms with Crippen LogP contribution in [-0.2, 0) is 18.4 Å². The van der Waals surface area contributed by atoms with Gasteiger partial charge in [-0.15, -0.1) is 0 Å². The van der Waals surface area contributed by atoms with E-state index in [0.717, 1.165) is 38.5 Å². The van der Waals surface area contributed by atoms with E-state index in [2.05, 4.69) is 19.2 Å². The zero-order chi connectivity index (χ0) is 40.0. The monoisotopic (exact) mass is 788 g/mol.